The standard InChI is InChI=1S/C14H19F3N2OS/c1-3-13(4-2)10-19(8-9-21(13)20)12-7-5-6-11(18-12)14(15,16)17/h5-7H,3-4,8-10H2,1-2H3. The summed E-state index contributed by atoms with van der Waals surface area (Å²) in [6.07, 6.45) is -2.96. The van der Waals surface area contributed by atoms with Crippen molar-refractivity contribution in [2.75, 3.05) is 23.7 Å². The van der Waals surface area contributed by atoms with Crippen molar-refractivity contribution in [3.05, 3.63) is 23.9 Å². The van der Waals surface area contributed by atoms with Gasteiger partial charge in [0.25, 0.3) is 0 Å². The highest BCUT2D eigenvalue weighted by molar-refractivity contribution is 7.86. The highest BCUT2D eigenvalue weighted by atomic mass is 32.2. The first kappa shape index (κ1) is 16.3. The summed E-state index contributed by atoms with van der Waals surface area (Å²) >= 11 is 0. The van der Waals surface area contributed by atoms with Crippen LogP contribution in [0.5, 0.6) is 0 Å². The third-order valence-corrected chi connectivity index (χ3v) is 6.37. The van der Waals surface area contributed by atoms with E-state index in [-0.39, 0.29) is 4.75 Å². The van der Waals surface area contributed by atoms with Crippen LogP contribution in [0.25, 0.3) is 0 Å². The van der Waals surface area contributed by atoms with Gasteiger partial charge in [-0.05, 0) is 25.0 Å². The Hall–Kier alpha value is -1.11. The summed E-state index contributed by atoms with van der Waals surface area (Å²) in [7, 11) is -0.945. The fourth-order valence-corrected chi connectivity index (χ4v) is 4.42. The summed E-state index contributed by atoms with van der Waals surface area (Å²) in [5.41, 5.74) is -0.884. The van der Waals surface area contributed by atoms with Gasteiger partial charge in [0.2, 0.25) is 0 Å². The summed E-state index contributed by atoms with van der Waals surface area (Å²) in [4.78, 5) is 5.55. The maximum Gasteiger partial charge on any atom is 0.433 e. The maximum absolute atomic E-state index is 12.8. The van der Waals surface area contributed by atoms with Crippen LogP contribution < -0.4 is 4.90 Å². The van der Waals surface area contributed by atoms with E-state index in [2.05, 4.69) is 4.98 Å². The Morgan fingerprint density at radius 2 is 2.00 bits per heavy atom. The maximum atomic E-state index is 12.8. The van der Waals surface area contributed by atoms with Gasteiger partial charge in [-0.3, -0.25) is 4.21 Å². The molecule has 1 atom stereocenters. The van der Waals surface area contributed by atoms with E-state index in [1.807, 2.05) is 18.7 Å². The number of rotatable bonds is 3. The molecule has 2 heterocycles. The lowest BCUT2D eigenvalue weighted by Gasteiger charge is -2.41. The lowest BCUT2D eigenvalue weighted by molar-refractivity contribution is -0.141. The van der Waals surface area contributed by atoms with Crippen molar-refractivity contribution in [2.24, 2.45) is 0 Å². The minimum Gasteiger partial charge on any atom is -0.354 e. The fourth-order valence-electron chi connectivity index (χ4n) is 2.66. The van der Waals surface area contributed by atoms with Gasteiger partial charge in [0.05, 0.1) is 4.75 Å². The largest absolute Gasteiger partial charge is 0.433 e. The van der Waals surface area contributed by atoms with Gasteiger partial charge in [0, 0.05) is 29.6 Å². The third-order valence-electron chi connectivity index (χ3n) is 4.15. The number of hydrogen-bond acceptors (Lipinski definition) is 3. The molecule has 0 spiro atoms. The van der Waals surface area contributed by atoms with Crippen molar-refractivity contribution in [1.82, 2.24) is 4.98 Å². The van der Waals surface area contributed by atoms with Crippen molar-refractivity contribution < 1.29 is 17.4 Å². The van der Waals surface area contributed by atoms with Crippen LogP contribution in [0.4, 0.5) is 19.0 Å². The van der Waals surface area contributed by atoms with Crippen LogP contribution in [0.1, 0.15) is 32.4 Å². The first-order valence-corrected chi connectivity index (χ1v) is 8.32. The van der Waals surface area contributed by atoms with Crippen molar-refractivity contribution in [3.8, 4) is 0 Å². The number of anilines is 1. The summed E-state index contributed by atoms with van der Waals surface area (Å²) < 4.78 is 50.2. The fraction of sp³-hybridized carbons (Fsp3) is 0.643. The van der Waals surface area contributed by atoms with Crippen LogP contribution >= 0.6 is 0 Å². The Bertz CT molecular complexity index is 529. The number of pyridine rings is 1. The summed E-state index contributed by atoms with van der Waals surface area (Å²) in [5.74, 6) is 0.785. The van der Waals surface area contributed by atoms with Gasteiger partial charge in [0.1, 0.15) is 11.5 Å². The second-order valence-corrected chi connectivity index (χ2v) is 7.21. The van der Waals surface area contributed by atoms with E-state index >= 15 is 0 Å². The monoisotopic (exact) mass is 320 g/mol. The first-order valence-electron chi connectivity index (χ1n) is 7.00. The first-order chi connectivity index (χ1) is 9.82. The van der Waals surface area contributed by atoms with Gasteiger partial charge in [-0.25, -0.2) is 4.98 Å². The van der Waals surface area contributed by atoms with Crippen LogP contribution in [-0.2, 0) is 17.0 Å². The third kappa shape index (κ3) is 3.22. The topological polar surface area (TPSA) is 33.2 Å². The lowest BCUT2D eigenvalue weighted by Crippen LogP contribution is -2.53. The Kier molecular flexibility index (Phi) is 4.60. The molecule has 3 nitrogen and oxygen atoms in total. The van der Waals surface area contributed by atoms with Gasteiger partial charge in [-0.15, -0.1) is 0 Å². The van der Waals surface area contributed by atoms with E-state index < -0.39 is 22.7 Å². The van der Waals surface area contributed by atoms with E-state index in [9.17, 15) is 17.4 Å². The average Bonchev–Trinajstić information content (AvgIpc) is 2.47. The molecule has 0 N–H and O–H groups in total. The van der Waals surface area contributed by atoms with Crippen LogP contribution in [0.2, 0.25) is 0 Å². The van der Waals surface area contributed by atoms with E-state index in [1.165, 1.54) is 6.07 Å². The van der Waals surface area contributed by atoms with Crippen molar-refractivity contribution >= 4 is 16.6 Å². The summed E-state index contributed by atoms with van der Waals surface area (Å²) in [6.45, 7) is 4.92. The Balaban J connectivity index is 2.29. The molecule has 1 fully saturated rings. The smallest absolute Gasteiger partial charge is 0.354 e. The molecule has 21 heavy (non-hydrogen) atoms. The van der Waals surface area contributed by atoms with Crippen LogP contribution in [0, 0.1) is 0 Å². The zero-order chi connectivity index (χ0) is 15.7. The van der Waals surface area contributed by atoms with Gasteiger partial charge in [-0.2, -0.15) is 13.2 Å². The van der Waals surface area contributed by atoms with E-state index in [0.717, 1.165) is 18.9 Å². The van der Waals surface area contributed by atoms with Crippen molar-refractivity contribution in [2.45, 2.75) is 37.6 Å². The van der Waals surface area contributed by atoms with E-state index in [4.69, 9.17) is 0 Å². The Labute approximate surface area is 125 Å². The predicted molar refractivity (Wildman–Crippen MR) is 77.8 cm³/mol. The molecular weight excluding hydrogens is 301 g/mol. The number of nitrogens with zero attached hydrogens (tertiary/aromatic N) is 2. The lowest BCUT2D eigenvalue weighted by atomic mass is 10.0. The van der Waals surface area contributed by atoms with E-state index in [1.54, 1.807) is 6.07 Å². The Morgan fingerprint density at radius 3 is 2.57 bits per heavy atom. The second-order valence-electron chi connectivity index (χ2n) is 5.24. The number of aromatic nitrogens is 1. The van der Waals surface area contributed by atoms with Crippen LogP contribution in [-0.4, -0.2) is 32.8 Å². The molecule has 1 saturated heterocycles. The molecule has 1 aliphatic heterocycles. The number of alkyl halides is 3. The average molecular weight is 320 g/mol. The summed E-state index contributed by atoms with van der Waals surface area (Å²) in [6, 6.07) is 3.92. The molecule has 7 heteroatoms. The van der Waals surface area contributed by atoms with Crippen LogP contribution in [0.3, 0.4) is 0 Å². The minimum atomic E-state index is -4.44. The molecule has 0 amide bonds. The molecular formula is C14H19F3N2OS. The quantitative estimate of drug-likeness (QED) is 0.857. The molecule has 0 saturated carbocycles. The molecule has 1 aromatic rings. The molecule has 1 aliphatic rings. The van der Waals surface area contributed by atoms with Crippen molar-refractivity contribution in [3.63, 3.8) is 0 Å². The highest BCUT2D eigenvalue weighted by Gasteiger charge is 2.40. The van der Waals surface area contributed by atoms with Crippen LogP contribution in [0.15, 0.2) is 18.2 Å². The van der Waals surface area contributed by atoms with Gasteiger partial charge in [0.15, 0.2) is 0 Å². The zero-order valence-electron chi connectivity index (χ0n) is 12.1. The number of hydrogen-bond donors (Lipinski definition) is 0. The molecule has 0 aromatic carbocycles. The molecule has 0 radical (unpaired) electrons. The zero-order valence-corrected chi connectivity index (χ0v) is 12.9. The van der Waals surface area contributed by atoms with Crippen molar-refractivity contribution in [1.29, 1.82) is 0 Å². The Morgan fingerprint density at radius 1 is 1.33 bits per heavy atom. The van der Waals surface area contributed by atoms with E-state index in [0.29, 0.717) is 24.7 Å². The molecule has 1 unspecified atom stereocenters. The van der Waals surface area contributed by atoms with Gasteiger partial charge < -0.3 is 4.90 Å². The normalized spacial score (nSPS) is 22.3. The van der Waals surface area contributed by atoms with Gasteiger partial charge >= 0.3 is 6.18 Å². The highest BCUT2D eigenvalue weighted by Crippen LogP contribution is 2.32. The molecule has 118 valence electrons. The molecule has 0 aliphatic carbocycles. The minimum absolute atomic E-state index is 0.313. The molecule has 0 bridgehead atoms. The summed E-state index contributed by atoms with van der Waals surface area (Å²) in [5, 5.41) is 0. The second kappa shape index (κ2) is 5.94. The predicted octanol–water partition coefficient (Wildman–Crippen LogP) is 3.23. The number of halogens is 3. The van der Waals surface area contributed by atoms with Gasteiger partial charge in [-0.1, -0.05) is 19.9 Å². The SMILES string of the molecule is CCC1(CC)CN(c2cccc(C(F)(F)F)n2)CCS1=O. The molecule has 1 aromatic heterocycles. The molecule has 2 rings (SSSR count).